The molecule has 2 N–H and O–H groups in total. The third-order valence-corrected chi connectivity index (χ3v) is 8.56. The summed E-state index contributed by atoms with van der Waals surface area (Å²) in [4.78, 5) is 56.7. The Labute approximate surface area is 341 Å². The van der Waals surface area contributed by atoms with Gasteiger partial charge in [-0.3, -0.25) is 9.59 Å². The third kappa shape index (κ3) is 10.3. The summed E-state index contributed by atoms with van der Waals surface area (Å²) in [6.45, 7) is 20.8. The van der Waals surface area contributed by atoms with E-state index >= 15 is 0 Å². The monoisotopic (exact) mass is 802 g/mol. The first-order valence-corrected chi connectivity index (χ1v) is 18.8. The van der Waals surface area contributed by atoms with Gasteiger partial charge in [-0.15, -0.1) is 0 Å². The van der Waals surface area contributed by atoms with E-state index in [0.29, 0.717) is 55.9 Å². The molecule has 0 spiro atoms. The molecule has 14 heteroatoms. The number of hydrogen-bond donors (Lipinski definition) is 2. The quantitative estimate of drug-likeness (QED) is 0.165. The van der Waals surface area contributed by atoms with Crippen LogP contribution in [0.2, 0.25) is 0 Å². The maximum atomic E-state index is 14.8. The van der Waals surface area contributed by atoms with Crippen LogP contribution >= 0.6 is 0 Å². The smallest absolute Gasteiger partial charge is 0.434 e. The zero-order valence-electron chi connectivity index (χ0n) is 36.6. The molecule has 4 amide bonds. The molecule has 0 saturated heterocycles. The number of carbonyl (C=O) groups is 4. The zero-order valence-corrected chi connectivity index (χ0v) is 36.6. The summed E-state index contributed by atoms with van der Waals surface area (Å²) >= 11 is 0. The highest BCUT2D eigenvalue weighted by atomic mass is 16.6. The first-order valence-electron chi connectivity index (χ1n) is 18.8. The van der Waals surface area contributed by atoms with Crippen molar-refractivity contribution in [3.8, 4) is 23.0 Å². The standard InChI is InChI=1S/C44H58N4O10/c1-41(2,3)37(49)45-31-21-27(17-25-19-33(53-13)35(55-15)23-29(25)31)47(39(51)57-43(7,8)9)48(40(52)58-44(10,11)12)28-18-26-20-34(54-14)36(56-16)24-30(26)32(22-28)46-38(50)42(4,5)6/h17-24H,1-16H3,(H,45,49)(H,46,50). The fourth-order valence-electron chi connectivity index (χ4n) is 5.63. The van der Waals surface area contributed by atoms with Gasteiger partial charge < -0.3 is 39.1 Å². The topological polar surface area (TPSA) is 154 Å². The Balaban J connectivity index is 2.20. The predicted octanol–water partition coefficient (Wildman–Crippen LogP) is 10.1. The van der Waals surface area contributed by atoms with E-state index in [2.05, 4.69) is 10.6 Å². The molecule has 0 aromatic heterocycles. The van der Waals surface area contributed by atoms with Gasteiger partial charge in [-0.1, -0.05) is 41.5 Å². The molecular weight excluding hydrogens is 745 g/mol. The summed E-state index contributed by atoms with van der Waals surface area (Å²) in [5.41, 5.74) is -2.87. The van der Waals surface area contributed by atoms with Gasteiger partial charge in [-0.05, 0) is 101 Å². The Bertz CT molecular complexity index is 2070. The summed E-state index contributed by atoms with van der Waals surface area (Å²) in [7, 11) is 5.99. The fourth-order valence-corrected chi connectivity index (χ4v) is 5.63. The first-order chi connectivity index (χ1) is 26.7. The van der Waals surface area contributed by atoms with Gasteiger partial charge in [-0.2, -0.15) is 10.0 Å². The van der Waals surface area contributed by atoms with Crippen molar-refractivity contribution < 1.29 is 47.6 Å². The van der Waals surface area contributed by atoms with Gasteiger partial charge >= 0.3 is 12.2 Å². The number of hydrazine groups is 1. The molecular formula is C44H58N4O10. The van der Waals surface area contributed by atoms with E-state index in [1.165, 1.54) is 28.4 Å². The second-order valence-electron chi connectivity index (χ2n) is 17.8. The fraction of sp³-hybridized carbons (Fsp3) is 0.455. The summed E-state index contributed by atoms with van der Waals surface area (Å²) in [6, 6.07) is 13.3. The van der Waals surface area contributed by atoms with Crippen LogP contribution in [0.5, 0.6) is 23.0 Å². The number of carbonyl (C=O) groups excluding carboxylic acids is 4. The highest BCUT2D eigenvalue weighted by Crippen LogP contribution is 2.43. The Morgan fingerprint density at radius 3 is 1.00 bits per heavy atom. The molecule has 0 unspecified atom stereocenters. The Hall–Kier alpha value is -5.92. The van der Waals surface area contributed by atoms with E-state index in [4.69, 9.17) is 28.4 Å². The average Bonchev–Trinajstić information content (AvgIpc) is 3.09. The van der Waals surface area contributed by atoms with Crippen molar-refractivity contribution in [2.45, 2.75) is 94.3 Å². The molecule has 4 aromatic rings. The van der Waals surface area contributed by atoms with E-state index in [9.17, 15) is 19.2 Å². The lowest BCUT2D eigenvalue weighted by Crippen LogP contribution is -2.53. The molecule has 0 aliphatic carbocycles. The number of nitrogens with one attached hydrogen (secondary N) is 2. The molecule has 0 aliphatic heterocycles. The number of methoxy groups -OCH3 is 4. The van der Waals surface area contributed by atoms with Crippen molar-refractivity contribution in [1.82, 2.24) is 0 Å². The van der Waals surface area contributed by atoms with Crippen LogP contribution in [0.25, 0.3) is 21.5 Å². The van der Waals surface area contributed by atoms with E-state index < -0.39 is 34.2 Å². The average molecular weight is 803 g/mol. The number of fused-ring (bicyclic) bond motifs is 2. The number of amides is 4. The van der Waals surface area contributed by atoms with Crippen molar-refractivity contribution in [2.75, 3.05) is 49.1 Å². The first kappa shape index (κ1) is 44.8. The Morgan fingerprint density at radius 2 is 0.741 bits per heavy atom. The van der Waals surface area contributed by atoms with Crippen LogP contribution in [0.15, 0.2) is 48.5 Å². The van der Waals surface area contributed by atoms with Crippen LogP contribution in [-0.2, 0) is 19.1 Å². The lowest BCUT2D eigenvalue weighted by atomic mass is 9.95. The van der Waals surface area contributed by atoms with Crippen molar-refractivity contribution >= 4 is 68.3 Å². The van der Waals surface area contributed by atoms with Crippen LogP contribution < -0.4 is 39.6 Å². The number of nitrogens with zero attached hydrogens (tertiary/aromatic N) is 2. The number of rotatable bonds is 8. The van der Waals surface area contributed by atoms with Crippen LogP contribution in [-0.4, -0.2) is 63.6 Å². The molecule has 0 heterocycles. The summed E-state index contributed by atoms with van der Waals surface area (Å²) in [5.74, 6) is 0.943. The highest BCUT2D eigenvalue weighted by molar-refractivity contribution is 6.12. The van der Waals surface area contributed by atoms with Gasteiger partial charge in [0.05, 0.1) is 51.2 Å². The lowest BCUT2D eigenvalue weighted by Gasteiger charge is -2.37. The lowest BCUT2D eigenvalue weighted by molar-refractivity contribution is -0.123. The molecule has 0 fully saturated rings. The van der Waals surface area contributed by atoms with Crippen LogP contribution in [0.3, 0.4) is 0 Å². The molecule has 0 bridgehead atoms. The number of benzene rings is 4. The zero-order chi connectivity index (χ0) is 43.7. The molecule has 4 rings (SSSR count). The normalized spacial score (nSPS) is 12.1. The molecule has 0 atom stereocenters. The second kappa shape index (κ2) is 16.5. The number of ether oxygens (including phenoxy) is 6. The van der Waals surface area contributed by atoms with E-state index in [0.717, 1.165) is 10.0 Å². The Kier molecular flexibility index (Phi) is 12.8. The highest BCUT2D eigenvalue weighted by Gasteiger charge is 2.37. The molecule has 314 valence electrons. The molecule has 0 radical (unpaired) electrons. The van der Waals surface area contributed by atoms with Crippen molar-refractivity contribution in [2.24, 2.45) is 10.8 Å². The minimum Gasteiger partial charge on any atom is -0.493 e. The van der Waals surface area contributed by atoms with Gasteiger partial charge in [0.2, 0.25) is 11.8 Å². The van der Waals surface area contributed by atoms with Gasteiger partial charge in [0.25, 0.3) is 0 Å². The van der Waals surface area contributed by atoms with Crippen LogP contribution in [0, 0.1) is 10.8 Å². The molecule has 0 saturated carbocycles. The van der Waals surface area contributed by atoms with Crippen molar-refractivity contribution in [1.29, 1.82) is 0 Å². The molecule has 0 aliphatic rings. The minimum absolute atomic E-state index is 0.108. The predicted molar refractivity (Wildman–Crippen MR) is 228 cm³/mol. The molecule has 58 heavy (non-hydrogen) atoms. The van der Waals surface area contributed by atoms with Crippen LogP contribution in [0.4, 0.5) is 32.3 Å². The largest absolute Gasteiger partial charge is 0.493 e. The van der Waals surface area contributed by atoms with Crippen LogP contribution in [0.1, 0.15) is 83.1 Å². The van der Waals surface area contributed by atoms with Gasteiger partial charge in [-0.25, -0.2) is 9.59 Å². The molecule has 14 nitrogen and oxygen atoms in total. The van der Waals surface area contributed by atoms with E-state index in [-0.39, 0.29) is 23.2 Å². The summed E-state index contributed by atoms with van der Waals surface area (Å²) in [6.07, 6.45) is -1.92. The number of anilines is 4. The summed E-state index contributed by atoms with van der Waals surface area (Å²) in [5, 5.41) is 10.3. The van der Waals surface area contributed by atoms with Crippen molar-refractivity contribution in [3.63, 3.8) is 0 Å². The van der Waals surface area contributed by atoms with E-state index in [1.807, 2.05) is 0 Å². The van der Waals surface area contributed by atoms with Crippen molar-refractivity contribution in [3.05, 3.63) is 48.5 Å². The summed E-state index contributed by atoms with van der Waals surface area (Å²) < 4.78 is 34.5. The maximum absolute atomic E-state index is 14.8. The van der Waals surface area contributed by atoms with Gasteiger partial charge in [0.1, 0.15) is 11.2 Å². The Morgan fingerprint density at radius 1 is 0.448 bits per heavy atom. The minimum atomic E-state index is -1.04. The second-order valence-corrected chi connectivity index (χ2v) is 17.8. The van der Waals surface area contributed by atoms with Gasteiger partial charge in [0.15, 0.2) is 23.0 Å². The van der Waals surface area contributed by atoms with E-state index in [1.54, 1.807) is 132 Å². The molecule has 4 aromatic carbocycles. The third-order valence-electron chi connectivity index (χ3n) is 8.56. The number of hydrogen-bond acceptors (Lipinski definition) is 10. The SMILES string of the molecule is COc1cc2cc(N(C(=O)OC(C)(C)C)N(C(=O)OC(C)(C)C)c3cc(NC(=O)C(C)(C)C)c4cc(OC)c(OC)cc4c3)cc(NC(=O)C(C)(C)C)c2cc1OC. The van der Waals surface area contributed by atoms with Gasteiger partial charge in [0, 0.05) is 21.6 Å². The maximum Gasteiger partial charge on any atom is 0.434 e.